The fraction of sp³-hybridized carbons (Fsp3) is 0.267. The monoisotopic (exact) mass is 411 g/mol. The molecule has 1 unspecified atom stereocenters. The van der Waals surface area contributed by atoms with Crippen LogP contribution in [0.1, 0.15) is 17.7 Å². The van der Waals surface area contributed by atoms with Crippen molar-refractivity contribution in [3.05, 3.63) is 46.0 Å². The van der Waals surface area contributed by atoms with Crippen LogP contribution in [0.4, 0.5) is 16.4 Å². The molecule has 0 fully saturated rings. The molecule has 28 heavy (non-hydrogen) atoms. The quantitative estimate of drug-likeness (QED) is 0.509. The number of carbonyl (C=O) groups excluding carboxylic acids is 1. The number of amides is 2. The number of nitro groups is 1. The van der Waals surface area contributed by atoms with Crippen LogP contribution in [0.5, 0.6) is 11.8 Å². The fourth-order valence-electron chi connectivity index (χ4n) is 2.18. The average Bonchev–Trinajstić information content (AvgIpc) is 2.66. The number of benzene rings is 1. The van der Waals surface area contributed by atoms with E-state index in [1.54, 1.807) is 4.72 Å². The molecule has 150 valence electrons. The first-order valence-corrected chi connectivity index (χ1v) is 9.25. The second-order valence-electron chi connectivity index (χ2n) is 5.34. The van der Waals surface area contributed by atoms with E-state index in [0.717, 1.165) is 0 Å². The molecule has 2 aromatic rings. The number of nitro benzene ring substituents is 1. The molecule has 0 spiro atoms. The lowest BCUT2D eigenvalue weighted by Gasteiger charge is -2.14. The number of methoxy groups -OCH3 is 2. The minimum absolute atomic E-state index is 0.0629. The Bertz CT molecular complexity index is 974. The number of hydrogen-bond donors (Lipinski definition) is 2. The predicted molar refractivity (Wildman–Crippen MR) is 97.7 cm³/mol. The van der Waals surface area contributed by atoms with Crippen LogP contribution in [0.3, 0.4) is 0 Å². The average molecular weight is 411 g/mol. The van der Waals surface area contributed by atoms with Gasteiger partial charge in [0.25, 0.3) is 5.69 Å². The molecule has 2 amide bonds. The topological polar surface area (TPSA) is 163 Å². The molecule has 0 saturated heterocycles. The molecule has 1 heterocycles. The summed E-state index contributed by atoms with van der Waals surface area (Å²) >= 11 is 0. The lowest BCUT2D eigenvalue weighted by atomic mass is 10.1. The first-order chi connectivity index (χ1) is 13.2. The third-order valence-corrected chi connectivity index (χ3v) is 5.25. The molecule has 13 heteroatoms. The van der Waals surface area contributed by atoms with Crippen molar-refractivity contribution in [2.24, 2.45) is 0 Å². The summed E-state index contributed by atoms with van der Waals surface area (Å²) in [5.74, 6) is -0.0983. The van der Waals surface area contributed by atoms with Crippen molar-refractivity contribution in [1.29, 1.82) is 0 Å². The first kappa shape index (κ1) is 20.8. The van der Waals surface area contributed by atoms with E-state index in [0.29, 0.717) is 0 Å². The second kappa shape index (κ2) is 8.47. The summed E-state index contributed by atoms with van der Waals surface area (Å²) in [5, 5.41) is 11.9. The molecule has 0 aliphatic heterocycles. The van der Waals surface area contributed by atoms with Crippen molar-refractivity contribution in [2.45, 2.75) is 12.2 Å². The number of nitrogens with zero attached hydrogens (tertiary/aromatic N) is 3. The Morgan fingerprint density at radius 3 is 2.29 bits per heavy atom. The van der Waals surface area contributed by atoms with Gasteiger partial charge in [-0.15, -0.1) is 0 Å². The maximum atomic E-state index is 12.5. The van der Waals surface area contributed by atoms with E-state index in [1.807, 2.05) is 0 Å². The molecule has 1 aromatic carbocycles. The van der Waals surface area contributed by atoms with Gasteiger partial charge < -0.3 is 9.47 Å². The van der Waals surface area contributed by atoms with E-state index in [2.05, 4.69) is 15.3 Å². The maximum absolute atomic E-state index is 12.5. The zero-order valence-electron chi connectivity index (χ0n) is 15.1. The molecular weight excluding hydrogens is 394 g/mol. The summed E-state index contributed by atoms with van der Waals surface area (Å²) in [5.41, 5.74) is -0.436. The Morgan fingerprint density at radius 2 is 1.75 bits per heavy atom. The summed E-state index contributed by atoms with van der Waals surface area (Å²) in [6, 6.07) is 5.56. The first-order valence-electron chi connectivity index (χ1n) is 7.71. The largest absolute Gasteiger partial charge is 0.481 e. The Hall–Kier alpha value is -3.48. The Kier molecular flexibility index (Phi) is 6.30. The van der Waals surface area contributed by atoms with Crippen molar-refractivity contribution in [1.82, 2.24) is 14.7 Å². The van der Waals surface area contributed by atoms with Gasteiger partial charge in [0, 0.05) is 11.6 Å². The number of nitrogens with one attached hydrogen (secondary N) is 2. The molecule has 1 aromatic heterocycles. The number of hydrogen-bond acceptors (Lipinski definition) is 9. The molecular formula is C15H17N5O7S. The minimum atomic E-state index is -4.30. The van der Waals surface area contributed by atoms with Gasteiger partial charge in [0.05, 0.1) is 25.2 Å². The van der Waals surface area contributed by atoms with Gasteiger partial charge in [-0.1, -0.05) is 18.2 Å². The Labute approximate surface area is 160 Å². The maximum Gasteiger partial charge on any atom is 0.335 e. The third kappa shape index (κ3) is 4.82. The van der Waals surface area contributed by atoms with Crippen molar-refractivity contribution in [3.8, 4) is 11.8 Å². The highest BCUT2D eigenvalue weighted by atomic mass is 32.2. The van der Waals surface area contributed by atoms with Crippen molar-refractivity contribution in [2.75, 3.05) is 19.5 Å². The van der Waals surface area contributed by atoms with E-state index in [1.165, 1.54) is 51.5 Å². The number of ether oxygens (including phenoxy) is 2. The SMILES string of the molecule is COc1cc(OC)nc(NC(=O)NS(=O)(=O)C(C)c2ccccc2[N+](=O)[O-])n1. The van der Waals surface area contributed by atoms with Crippen molar-refractivity contribution in [3.63, 3.8) is 0 Å². The Balaban J connectivity index is 2.20. The number of rotatable bonds is 7. The zero-order valence-corrected chi connectivity index (χ0v) is 15.9. The van der Waals surface area contributed by atoms with E-state index < -0.39 is 26.2 Å². The van der Waals surface area contributed by atoms with Crippen LogP contribution in [-0.2, 0) is 10.0 Å². The molecule has 0 saturated carbocycles. The van der Waals surface area contributed by atoms with Crippen LogP contribution in [0.15, 0.2) is 30.3 Å². The molecule has 2 rings (SSSR count). The summed E-state index contributed by atoms with van der Waals surface area (Å²) in [4.78, 5) is 30.2. The van der Waals surface area contributed by atoms with E-state index in [-0.39, 0.29) is 29.0 Å². The highest BCUT2D eigenvalue weighted by molar-refractivity contribution is 7.90. The molecule has 0 aliphatic carbocycles. The van der Waals surface area contributed by atoms with Gasteiger partial charge in [-0.25, -0.2) is 17.9 Å². The van der Waals surface area contributed by atoms with Gasteiger partial charge >= 0.3 is 6.03 Å². The van der Waals surface area contributed by atoms with Crippen LogP contribution in [-0.4, -0.2) is 43.6 Å². The number of urea groups is 1. The van der Waals surface area contributed by atoms with Crippen LogP contribution >= 0.6 is 0 Å². The van der Waals surface area contributed by atoms with Gasteiger partial charge in [-0.3, -0.25) is 15.4 Å². The number of para-hydroxylation sites is 1. The van der Waals surface area contributed by atoms with Gasteiger partial charge in [-0.05, 0) is 6.92 Å². The number of aromatic nitrogens is 2. The molecule has 0 aliphatic rings. The van der Waals surface area contributed by atoms with Gasteiger partial charge in [0.2, 0.25) is 27.7 Å². The Morgan fingerprint density at radius 1 is 1.18 bits per heavy atom. The van der Waals surface area contributed by atoms with Crippen LogP contribution in [0.25, 0.3) is 0 Å². The smallest absolute Gasteiger partial charge is 0.335 e. The fourth-order valence-corrected chi connectivity index (χ4v) is 3.20. The van der Waals surface area contributed by atoms with Crippen molar-refractivity contribution >= 4 is 27.7 Å². The molecule has 2 N–H and O–H groups in total. The van der Waals surface area contributed by atoms with Crippen LogP contribution in [0, 0.1) is 10.1 Å². The summed E-state index contributed by atoms with van der Waals surface area (Å²) in [7, 11) is -1.63. The predicted octanol–water partition coefficient (Wildman–Crippen LogP) is 1.61. The minimum Gasteiger partial charge on any atom is -0.481 e. The number of anilines is 1. The summed E-state index contributed by atoms with van der Waals surface area (Å²) in [6.45, 7) is 1.23. The van der Waals surface area contributed by atoms with Crippen molar-refractivity contribution < 1.29 is 27.6 Å². The summed E-state index contributed by atoms with van der Waals surface area (Å²) < 4.78 is 36.6. The van der Waals surface area contributed by atoms with E-state index in [4.69, 9.17) is 9.47 Å². The lowest BCUT2D eigenvalue weighted by Crippen LogP contribution is -2.37. The molecule has 0 bridgehead atoms. The number of carbonyl (C=O) groups is 1. The van der Waals surface area contributed by atoms with Gasteiger partial charge in [0.15, 0.2) is 0 Å². The summed E-state index contributed by atoms with van der Waals surface area (Å²) in [6.07, 6.45) is 0. The zero-order chi connectivity index (χ0) is 20.9. The highest BCUT2D eigenvalue weighted by Gasteiger charge is 2.30. The molecule has 0 radical (unpaired) electrons. The van der Waals surface area contributed by atoms with Gasteiger partial charge in [-0.2, -0.15) is 9.97 Å². The highest BCUT2D eigenvalue weighted by Crippen LogP contribution is 2.29. The standard InChI is InChI=1S/C15H17N5O7S/c1-9(10-6-4-5-7-11(10)20(22)23)28(24,25)19-15(21)18-14-16-12(26-2)8-13(17-14)27-3/h4-9H,1-3H3,(H2,16,17,18,19,21). The lowest BCUT2D eigenvalue weighted by molar-refractivity contribution is -0.385. The number of sulfonamides is 1. The van der Waals surface area contributed by atoms with E-state index >= 15 is 0 Å². The normalized spacial score (nSPS) is 12.0. The third-order valence-electron chi connectivity index (χ3n) is 3.59. The molecule has 1 atom stereocenters. The van der Waals surface area contributed by atoms with Crippen LogP contribution in [0.2, 0.25) is 0 Å². The second-order valence-corrected chi connectivity index (χ2v) is 7.34. The molecule has 12 nitrogen and oxygen atoms in total. The van der Waals surface area contributed by atoms with E-state index in [9.17, 15) is 23.3 Å². The van der Waals surface area contributed by atoms with Crippen LogP contribution < -0.4 is 19.5 Å². The van der Waals surface area contributed by atoms with Gasteiger partial charge in [0.1, 0.15) is 5.25 Å².